The van der Waals surface area contributed by atoms with E-state index in [0.29, 0.717) is 6.54 Å². The van der Waals surface area contributed by atoms with Crippen LogP contribution in [0.3, 0.4) is 0 Å². The number of thioether (sulfide) groups is 1. The lowest BCUT2D eigenvalue weighted by atomic mass is 10.1. The van der Waals surface area contributed by atoms with Gasteiger partial charge in [0.15, 0.2) is 0 Å². The summed E-state index contributed by atoms with van der Waals surface area (Å²) in [5, 5.41) is 0.749. The molecule has 1 atom stereocenters. The molecule has 1 fully saturated rings. The van der Waals surface area contributed by atoms with Crippen molar-refractivity contribution in [2.75, 3.05) is 25.4 Å². The normalized spacial score (nSPS) is 20.2. The van der Waals surface area contributed by atoms with E-state index < -0.39 is 0 Å². The van der Waals surface area contributed by atoms with E-state index in [1.807, 2.05) is 6.07 Å². The lowest BCUT2D eigenvalue weighted by Gasteiger charge is -2.30. The van der Waals surface area contributed by atoms with Crippen LogP contribution in [0.1, 0.15) is 18.1 Å². The molecule has 1 aromatic carbocycles. The lowest BCUT2D eigenvalue weighted by molar-refractivity contribution is 0.278. The highest BCUT2D eigenvalue weighted by Gasteiger charge is 2.16. The first-order valence-electron chi connectivity index (χ1n) is 6.40. The fraction of sp³-hybridized carbons (Fsp3) is 0.467. The summed E-state index contributed by atoms with van der Waals surface area (Å²) in [5.41, 5.74) is 7.81. The minimum atomic E-state index is 0.422. The highest BCUT2D eigenvalue weighted by atomic mass is 32.2. The van der Waals surface area contributed by atoms with Gasteiger partial charge in [-0.15, -0.1) is 0 Å². The van der Waals surface area contributed by atoms with Gasteiger partial charge < -0.3 is 5.73 Å². The van der Waals surface area contributed by atoms with Crippen molar-refractivity contribution in [2.24, 2.45) is 5.73 Å². The van der Waals surface area contributed by atoms with Gasteiger partial charge in [0.05, 0.1) is 6.54 Å². The molecule has 0 saturated carbocycles. The first kappa shape index (κ1) is 13.5. The van der Waals surface area contributed by atoms with Crippen LogP contribution >= 0.6 is 11.8 Å². The van der Waals surface area contributed by atoms with E-state index in [2.05, 4.69) is 53.6 Å². The fourth-order valence-corrected chi connectivity index (χ4v) is 3.28. The molecule has 1 aliphatic heterocycles. The number of hydrogen-bond donors (Lipinski definition) is 1. The maximum absolute atomic E-state index is 5.39. The molecule has 0 spiro atoms. The van der Waals surface area contributed by atoms with Crippen LogP contribution in [-0.2, 0) is 6.54 Å². The maximum atomic E-state index is 5.39. The second-order valence-corrected chi connectivity index (χ2v) is 6.17. The molecule has 2 N–H and O–H groups in total. The van der Waals surface area contributed by atoms with E-state index in [1.165, 1.54) is 24.4 Å². The highest BCUT2D eigenvalue weighted by Crippen LogP contribution is 2.19. The van der Waals surface area contributed by atoms with Crippen molar-refractivity contribution in [1.29, 1.82) is 0 Å². The van der Waals surface area contributed by atoms with E-state index in [1.54, 1.807) is 0 Å². The molecular weight excluding hydrogens is 240 g/mol. The number of rotatable bonds is 2. The van der Waals surface area contributed by atoms with Gasteiger partial charge in [-0.05, 0) is 17.7 Å². The zero-order chi connectivity index (χ0) is 12.8. The Labute approximate surface area is 114 Å². The van der Waals surface area contributed by atoms with Crippen LogP contribution < -0.4 is 5.73 Å². The average Bonchev–Trinajstić information content (AvgIpc) is 2.37. The molecule has 0 amide bonds. The smallest absolute Gasteiger partial charge is 0.0555 e. The monoisotopic (exact) mass is 260 g/mol. The van der Waals surface area contributed by atoms with E-state index >= 15 is 0 Å². The molecule has 2 nitrogen and oxygen atoms in total. The van der Waals surface area contributed by atoms with Gasteiger partial charge in [0.1, 0.15) is 0 Å². The van der Waals surface area contributed by atoms with Crippen LogP contribution in [0.25, 0.3) is 0 Å². The van der Waals surface area contributed by atoms with E-state index in [-0.39, 0.29) is 0 Å². The summed E-state index contributed by atoms with van der Waals surface area (Å²) in [6.07, 6.45) is 0. The average molecular weight is 260 g/mol. The third-order valence-corrected chi connectivity index (χ3v) is 4.13. The molecule has 0 aromatic heterocycles. The Morgan fingerprint density at radius 1 is 1.50 bits per heavy atom. The second kappa shape index (κ2) is 6.84. The van der Waals surface area contributed by atoms with Crippen molar-refractivity contribution in [3.8, 4) is 11.8 Å². The summed E-state index contributed by atoms with van der Waals surface area (Å²) < 4.78 is 0. The standard InChI is InChI=1S/C15H20N2S/c1-13-11-17(8-9-18-13)12-15-5-2-4-14(10-15)6-3-7-16/h2,4-5,10,13H,7-9,11-12,16H2,1H3. The highest BCUT2D eigenvalue weighted by molar-refractivity contribution is 7.99. The van der Waals surface area contributed by atoms with Crippen molar-refractivity contribution >= 4 is 11.8 Å². The molecule has 2 rings (SSSR count). The predicted molar refractivity (Wildman–Crippen MR) is 79.6 cm³/mol. The molecule has 0 aliphatic carbocycles. The van der Waals surface area contributed by atoms with Gasteiger partial charge in [0.25, 0.3) is 0 Å². The molecule has 1 aromatic rings. The summed E-state index contributed by atoms with van der Waals surface area (Å²) in [4.78, 5) is 2.52. The van der Waals surface area contributed by atoms with Gasteiger partial charge in [-0.3, -0.25) is 4.90 Å². The van der Waals surface area contributed by atoms with E-state index in [4.69, 9.17) is 5.73 Å². The minimum Gasteiger partial charge on any atom is -0.320 e. The molecule has 1 unspecified atom stereocenters. The Morgan fingerprint density at radius 3 is 3.17 bits per heavy atom. The van der Waals surface area contributed by atoms with Gasteiger partial charge >= 0.3 is 0 Å². The molecular formula is C15H20N2S. The van der Waals surface area contributed by atoms with Gasteiger partial charge in [-0.25, -0.2) is 0 Å². The molecule has 1 heterocycles. The van der Waals surface area contributed by atoms with Gasteiger partial charge in [-0.1, -0.05) is 30.9 Å². The summed E-state index contributed by atoms with van der Waals surface area (Å²) in [5.74, 6) is 7.24. The Balaban J connectivity index is 2.00. The quantitative estimate of drug-likeness (QED) is 0.824. The Kier molecular flexibility index (Phi) is 5.12. The van der Waals surface area contributed by atoms with E-state index in [0.717, 1.165) is 17.4 Å². The number of nitrogens with two attached hydrogens (primary N) is 1. The summed E-state index contributed by atoms with van der Waals surface area (Å²) in [7, 11) is 0. The van der Waals surface area contributed by atoms with E-state index in [9.17, 15) is 0 Å². The van der Waals surface area contributed by atoms with Crippen molar-refractivity contribution in [2.45, 2.75) is 18.7 Å². The van der Waals surface area contributed by atoms with Crippen molar-refractivity contribution in [1.82, 2.24) is 4.90 Å². The Hall–Kier alpha value is -0.950. The molecule has 18 heavy (non-hydrogen) atoms. The lowest BCUT2D eigenvalue weighted by Crippen LogP contribution is -2.36. The fourth-order valence-electron chi connectivity index (χ4n) is 2.19. The molecule has 3 heteroatoms. The molecule has 1 aliphatic rings. The van der Waals surface area contributed by atoms with Crippen molar-refractivity contribution < 1.29 is 0 Å². The Morgan fingerprint density at radius 2 is 2.39 bits per heavy atom. The third kappa shape index (κ3) is 4.06. The third-order valence-electron chi connectivity index (χ3n) is 2.99. The van der Waals surface area contributed by atoms with Crippen molar-refractivity contribution in [3.63, 3.8) is 0 Å². The van der Waals surface area contributed by atoms with Crippen LogP contribution in [0, 0.1) is 11.8 Å². The summed E-state index contributed by atoms with van der Waals surface area (Å²) in [6.45, 7) is 6.13. The van der Waals surface area contributed by atoms with Crippen LogP contribution in [0.5, 0.6) is 0 Å². The maximum Gasteiger partial charge on any atom is 0.0555 e. The van der Waals surface area contributed by atoms with Crippen LogP contribution in [-0.4, -0.2) is 35.5 Å². The number of benzene rings is 1. The largest absolute Gasteiger partial charge is 0.320 e. The first-order valence-corrected chi connectivity index (χ1v) is 7.44. The van der Waals surface area contributed by atoms with Crippen LogP contribution in [0.2, 0.25) is 0 Å². The first-order chi connectivity index (χ1) is 8.78. The SMILES string of the molecule is CC1CN(Cc2cccc(C#CCN)c2)CCS1. The number of nitrogens with zero attached hydrogens (tertiary/aromatic N) is 1. The molecule has 0 radical (unpaired) electrons. The summed E-state index contributed by atoms with van der Waals surface area (Å²) in [6, 6.07) is 8.48. The van der Waals surface area contributed by atoms with Crippen LogP contribution in [0.15, 0.2) is 24.3 Å². The minimum absolute atomic E-state index is 0.422. The van der Waals surface area contributed by atoms with Crippen molar-refractivity contribution in [3.05, 3.63) is 35.4 Å². The zero-order valence-electron chi connectivity index (χ0n) is 10.9. The molecule has 0 bridgehead atoms. The zero-order valence-corrected chi connectivity index (χ0v) is 11.7. The summed E-state index contributed by atoms with van der Waals surface area (Å²) >= 11 is 2.07. The second-order valence-electron chi connectivity index (χ2n) is 4.62. The van der Waals surface area contributed by atoms with Crippen LogP contribution in [0.4, 0.5) is 0 Å². The van der Waals surface area contributed by atoms with Gasteiger partial charge in [0.2, 0.25) is 0 Å². The molecule has 1 saturated heterocycles. The molecule has 96 valence electrons. The Bertz CT molecular complexity index is 447. The topological polar surface area (TPSA) is 29.3 Å². The number of hydrogen-bond acceptors (Lipinski definition) is 3. The van der Waals surface area contributed by atoms with Gasteiger partial charge in [-0.2, -0.15) is 11.8 Å². The predicted octanol–water partition coefficient (Wildman–Crippen LogP) is 1.93. The van der Waals surface area contributed by atoms with Gasteiger partial charge in [0, 0.05) is 36.2 Å².